The second-order valence-corrected chi connectivity index (χ2v) is 4.07. The third-order valence-electron chi connectivity index (χ3n) is 2.31. The lowest BCUT2D eigenvalue weighted by Crippen LogP contribution is -2.33. The smallest absolute Gasteiger partial charge is 0.405 e. The summed E-state index contributed by atoms with van der Waals surface area (Å²) in [5, 5.41) is 10.3. The lowest BCUT2D eigenvalue weighted by atomic mass is 10.2. The Morgan fingerprint density at radius 3 is 2.45 bits per heavy atom. The van der Waals surface area contributed by atoms with Crippen LogP contribution >= 0.6 is 0 Å². The van der Waals surface area contributed by atoms with Crippen LogP contribution < -0.4 is 14.8 Å². The number of benzene rings is 1. The average molecular weight is 321 g/mol. The van der Waals surface area contributed by atoms with E-state index in [-0.39, 0.29) is 23.7 Å². The van der Waals surface area contributed by atoms with Gasteiger partial charge in [0, 0.05) is 5.56 Å². The minimum absolute atomic E-state index is 0.0598. The minimum Gasteiger partial charge on any atom is -0.490 e. The van der Waals surface area contributed by atoms with Crippen molar-refractivity contribution in [1.29, 1.82) is 0 Å². The molecular weight excluding hydrogens is 307 g/mol. The summed E-state index contributed by atoms with van der Waals surface area (Å²) in [5.41, 5.74) is -0.0598. The molecule has 1 aromatic carbocycles. The molecule has 0 fully saturated rings. The number of carboxylic acids is 1. The van der Waals surface area contributed by atoms with Crippen molar-refractivity contribution in [2.45, 2.75) is 13.1 Å². The van der Waals surface area contributed by atoms with Gasteiger partial charge in [-0.15, -0.1) is 0 Å². The molecule has 0 atom stereocenters. The number of halogens is 3. The number of alkyl halides is 3. The number of hydrogen-bond donors (Lipinski definition) is 2. The number of rotatable bonds is 7. The Morgan fingerprint density at radius 1 is 1.23 bits per heavy atom. The van der Waals surface area contributed by atoms with Gasteiger partial charge in [0.25, 0.3) is 5.91 Å². The Bertz CT molecular complexity index is 545. The van der Waals surface area contributed by atoms with E-state index in [0.29, 0.717) is 0 Å². The summed E-state index contributed by atoms with van der Waals surface area (Å²) in [6, 6.07) is 3.66. The molecule has 0 aliphatic heterocycles. The molecule has 0 aromatic heterocycles. The largest absolute Gasteiger partial charge is 0.490 e. The summed E-state index contributed by atoms with van der Waals surface area (Å²) >= 11 is 0. The quantitative estimate of drug-likeness (QED) is 0.800. The fourth-order valence-electron chi connectivity index (χ4n) is 1.46. The van der Waals surface area contributed by atoms with Crippen molar-refractivity contribution in [3.8, 4) is 11.5 Å². The lowest BCUT2D eigenvalue weighted by Gasteiger charge is -2.13. The van der Waals surface area contributed by atoms with Crippen LogP contribution in [0.15, 0.2) is 18.2 Å². The number of nitrogens with one attached hydrogen (secondary N) is 1. The molecule has 0 radical (unpaired) electrons. The molecule has 22 heavy (non-hydrogen) atoms. The molecule has 6 nitrogen and oxygen atoms in total. The van der Waals surface area contributed by atoms with Gasteiger partial charge in [0.05, 0.1) is 6.61 Å². The van der Waals surface area contributed by atoms with Crippen molar-refractivity contribution in [2.75, 3.05) is 19.8 Å². The van der Waals surface area contributed by atoms with Crippen LogP contribution in [0.3, 0.4) is 0 Å². The highest BCUT2D eigenvalue weighted by molar-refractivity contribution is 5.94. The average Bonchev–Trinajstić information content (AvgIpc) is 2.42. The lowest BCUT2D eigenvalue weighted by molar-refractivity contribution is -0.139. The van der Waals surface area contributed by atoms with E-state index >= 15 is 0 Å². The summed E-state index contributed by atoms with van der Waals surface area (Å²) < 4.78 is 46.3. The van der Waals surface area contributed by atoms with Crippen LogP contribution in [0.1, 0.15) is 17.3 Å². The summed E-state index contributed by atoms with van der Waals surface area (Å²) in [7, 11) is 0. The van der Waals surface area contributed by atoms with Gasteiger partial charge >= 0.3 is 12.1 Å². The third-order valence-corrected chi connectivity index (χ3v) is 2.31. The maximum absolute atomic E-state index is 12.1. The zero-order valence-corrected chi connectivity index (χ0v) is 11.6. The molecular formula is C13H14F3NO5. The summed E-state index contributed by atoms with van der Waals surface area (Å²) in [6.45, 7) is -0.207. The monoisotopic (exact) mass is 321 g/mol. The van der Waals surface area contributed by atoms with Crippen LogP contribution in [0, 0.1) is 0 Å². The van der Waals surface area contributed by atoms with Gasteiger partial charge in [-0.3, -0.25) is 4.79 Å². The van der Waals surface area contributed by atoms with Crippen LogP contribution in [0.2, 0.25) is 0 Å². The molecule has 1 amide bonds. The van der Waals surface area contributed by atoms with Gasteiger partial charge in [0.1, 0.15) is 6.54 Å². The van der Waals surface area contributed by atoms with Gasteiger partial charge in [-0.2, -0.15) is 13.2 Å². The SMILES string of the molecule is CCOc1cc(C(=O)NCC(F)(F)F)ccc1OCC(=O)O. The van der Waals surface area contributed by atoms with E-state index in [9.17, 15) is 22.8 Å². The fourth-order valence-corrected chi connectivity index (χ4v) is 1.46. The van der Waals surface area contributed by atoms with E-state index in [2.05, 4.69) is 0 Å². The van der Waals surface area contributed by atoms with Crippen LogP contribution in [0.4, 0.5) is 13.2 Å². The predicted molar refractivity (Wildman–Crippen MR) is 69.1 cm³/mol. The van der Waals surface area contributed by atoms with Crippen molar-refractivity contribution in [3.63, 3.8) is 0 Å². The normalized spacial score (nSPS) is 10.9. The molecule has 0 heterocycles. The predicted octanol–water partition coefficient (Wildman–Crippen LogP) is 1.84. The van der Waals surface area contributed by atoms with E-state index in [4.69, 9.17) is 14.6 Å². The Labute approximate surface area is 123 Å². The third kappa shape index (κ3) is 5.90. The molecule has 9 heteroatoms. The van der Waals surface area contributed by atoms with E-state index in [0.717, 1.165) is 0 Å². The first-order chi connectivity index (χ1) is 10.2. The summed E-state index contributed by atoms with van der Waals surface area (Å²) in [5.74, 6) is -1.97. The maximum Gasteiger partial charge on any atom is 0.405 e. The van der Waals surface area contributed by atoms with Crippen molar-refractivity contribution < 1.29 is 37.3 Å². The molecule has 0 saturated heterocycles. The van der Waals surface area contributed by atoms with Crippen molar-refractivity contribution in [2.24, 2.45) is 0 Å². The van der Waals surface area contributed by atoms with E-state index in [1.165, 1.54) is 18.2 Å². The molecule has 0 unspecified atom stereocenters. The molecule has 0 bridgehead atoms. The molecule has 1 aromatic rings. The first-order valence-corrected chi connectivity index (χ1v) is 6.19. The van der Waals surface area contributed by atoms with Crippen LogP contribution in [0.5, 0.6) is 11.5 Å². The zero-order valence-electron chi connectivity index (χ0n) is 11.6. The van der Waals surface area contributed by atoms with Gasteiger partial charge in [-0.1, -0.05) is 0 Å². The molecule has 0 aliphatic rings. The van der Waals surface area contributed by atoms with Crippen LogP contribution in [-0.4, -0.2) is 42.9 Å². The summed E-state index contributed by atoms with van der Waals surface area (Å²) in [6.07, 6.45) is -4.51. The van der Waals surface area contributed by atoms with Crippen LogP contribution in [0.25, 0.3) is 0 Å². The second-order valence-electron chi connectivity index (χ2n) is 4.07. The Kier molecular flexibility index (Phi) is 6.02. The van der Waals surface area contributed by atoms with Gasteiger partial charge in [0.15, 0.2) is 18.1 Å². The molecule has 122 valence electrons. The number of hydrogen-bond acceptors (Lipinski definition) is 4. The van der Waals surface area contributed by atoms with E-state index in [1.807, 2.05) is 0 Å². The van der Waals surface area contributed by atoms with Gasteiger partial charge < -0.3 is 19.9 Å². The first kappa shape index (κ1) is 17.6. The molecule has 1 rings (SSSR count). The topological polar surface area (TPSA) is 84.9 Å². The molecule has 0 saturated carbocycles. The first-order valence-electron chi connectivity index (χ1n) is 6.19. The number of amides is 1. The Balaban J connectivity index is 2.86. The highest BCUT2D eigenvalue weighted by Crippen LogP contribution is 2.28. The zero-order chi connectivity index (χ0) is 16.8. The molecule has 0 aliphatic carbocycles. The highest BCUT2D eigenvalue weighted by atomic mass is 19.4. The van der Waals surface area contributed by atoms with Gasteiger partial charge in [-0.05, 0) is 25.1 Å². The molecule has 2 N–H and O–H groups in total. The van der Waals surface area contributed by atoms with Gasteiger partial charge in [0.2, 0.25) is 0 Å². The highest BCUT2D eigenvalue weighted by Gasteiger charge is 2.28. The standard InChI is InChI=1S/C13H14F3NO5/c1-2-21-10-5-8(12(20)17-7-13(14,15)16)3-4-9(10)22-6-11(18)19/h3-5H,2,6-7H2,1H3,(H,17,20)(H,18,19). The minimum atomic E-state index is -4.51. The van der Waals surface area contributed by atoms with Crippen molar-refractivity contribution >= 4 is 11.9 Å². The van der Waals surface area contributed by atoms with E-state index in [1.54, 1.807) is 12.2 Å². The van der Waals surface area contributed by atoms with E-state index < -0.39 is 31.2 Å². The number of carbonyl (C=O) groups is 2. The van der Waals surface area contributed by atoms with Gasteiger partial charge in [-0.25, -0.2) is 4.79 Å². The number of aliphatic carboxylic acids is 1. The number of ether oxygens (including phenoxy) is 2. The fraction of sp³-hybridized carbons (Fsp3) is 0.385. The van der Waals surface area contributed by atoms with Crippen molar-refractivity contribution in [3.05, 3.63) is 23.8 Å². The second kappa shape index (κ2) is 7.53. The summed E-state index contributed by atoms with van der Waals surface area (Å²) in [4.78, 5) is 22.1. The Morgan fingerprint density at radius 2 is 1.91 bits per heavy atom. The number of carboxylic acid groups (broad SMARTS) is 1. The van der Waals surface area contributed by atoms with Crippen LogP contribution in [-0.2, 0) is 4.79 Å². The Hall–Kier alpha value is -2.45. The van der Waals surface area contributed by atoms with Crippen molar-refractivity contribution in [1.82, 2.24) is 5.32 Å². The molecule has 0 spiro atoms. The maximum atomic E-state index is 12.1. The number of carbonyl (C=O) groups excluding carboxylic acids is 1.